The maximum absolute atomic E-state index is 10.8. The lowest BCUT2D eigenvalue weighted by atomic mass is 10.00. The Morgan fingerprint density at radius 2 is 1.61 bits per heavy atom. The minimum Gasteiger partial charge on any atom is -0.497 e. The molecule has 2 aromatic rings. The van der Waals surface area contributed by atoms with Crippen molar-refractivity contribution >= 4 is 17.6 Å². The van der Waals surface area contributed by atoms with Crippen molar-refractivity contribution in [3.05, 3.63) is 89.7 Å². The summed E-state index contributed by atoms with van der Waals surface area (Å²) in [6.45, 7) is 3.91. The zero-order valence-corrected chi connectivity index (χ0v) is 12.8. The zero-order valence-electron chi connectivity index (χ0n) is 12.8. The Bertz CT molecular complexity index is 794. The standard InChI is InChI=1S/C20H16O3/c1-14-11-18(16-5-3-15(13-21)4-6-16)12-20(23-14)17-7-9-19(22-2)10-8-17/h3-13H,1H2,2H3. The Morgan fingerprint density at radius 3 is 2.22 bits per heavy atom. The molecule has 0 bridgehead atoms. The maximum Gasteiger partial charge on any atom is 0.150 e. The lowest BCUT2D eigenvalue weighted by Gasteiger charge is -2.17. The number of ether oxygens (including phenoxy) is 2. The number of carbonyl (C=O) groups excluding carboxylic acids is 1. The van der Waals surface area contributed by atoms with E-state index in [1.54, 1.807) is 19.2 Å². The lowest BCUT2D eigenvalue weighted by molar-refractivity contribution is 0.112. The fraction of sp³-hybridized carbons (Fsp3) is 0.0500. The predicted octanol–water partition coefficient (Wildman–Crippen LogP) is 4.48. The fourth-order valence-electron chi connectivity index (χ4n) is 2.37. The van der Waals surface area contributed by atoms with Crippen LogP contribution in [0, 0.1) is 0 Å². The second-order valence-corrected chi connectivity index (χ2v) is 5.15. The van der Waals surface area contributed by atoms with Gasteiger partial charge in [-0.1, -0.05) is 30.8 Å². The van der Waals surface area contributed by atoms with Gasteiger partial charge in [-0.3, -0.25) is 4.79 Å². The summed E-state index contributed by atoms with van der Waals surface area (Å²) < 4.78 is 10.9. The molecule has 0 fully saturated rings. The second kappa shape index (κ2) is 6.36. The van der Waals surface area contributed by atoms with E-state index in [0.717, 1.165) is 34.5 Å². The lowest BCUT2D eigenvalue weighted by Crippen LogP contribution is -1.98. The number of carbonyl (C=O) groups is 1. The molecule has 3 rings (SSSR count). The Kier molecular flexibility index (Phi) is 4.11. The van der Waals surface area contributed by atoms with Crippen LogP contribution in [0.5, 0.6) is 5.75 Å². The minimum atomic E-state index is 0.577. The van der Waals surface area contributed by atoms with Crippen molar-refractivity contribution in [1.29, 1.82) is 0 Å². The summed E-state index contributed by atoms with van der Waals surface area (Å²) in [5.74, 6) is 2.10. The van der Waals surface area contributed by atoms with Gasteiger partial charge in [-0.25, -0.2) is 0 Å². The average molecular weight is 304 g/mol. The summed E-state index contributed by atoms with van der Waals surface area (Å²) in [5.41, 5.74) is 3.59. The first-order valence-corrected chi connectivity index (χ1v) is 7.20. The van der Waals surface area contributed by atoms with Crippen molar-refractivity contribution < 1.29 is 14.3 Å². The van der Waals surface area contributed by atoms with Crippen LogP contribution in [0.3, 0.4) is 0 Å². The quantitative estimate of drug-likeness (QED) is 0.781. The maximum atomic E-state index is 10.8. The van der Waals surface area contributed by atoms with E-state index in [1.165, 1.54) is 0 Å². The van der Waals surface area contributed by atoms with Crippen LogP contribution < -0.4 is 4.74 Å². The van der Waals surface area contributed by atoms with Crippen LogP contribution in [-0.4, -0.2) is 13.4 Å². The normalized spacial score (nSPS) is 13.7. The minimum absolute atomic E-state index is 0.577. The summed E-state index contributed by atoms with van der Waals surface area (Å²) in [7, 11) is 1.64. The summed E-state index contributed by atoms with van der Waals surface area (Å²) in [6.07, 6.45) is 4.68. The number of methoxy groups -OCH3 is 1. The van der Waals surface area contributed by atoms with Gasteiger partial charge in [0.2, 0.25) is 0 Å². The molecule has 0 radical (unpaired) electrons. The van der Waals surface area contributed by atoms with Crippen molar-refractivity contribution in [2.45, 2.75) is 0 Å². The third kappa shape index (κ3) is 3.24. The van der Waals surface area contributed by atoms with E-state index in [2.05, 4.69) is 6.58 Å². The van der Waals surface area contributed by atoms with Gasteiger partial charge in [0.1, 0.15) is 23.6 Å². The van der Waals surface area contributed by atoms with E-state index in [-0.39, 0.29) is 0 Å². The van der Waals surface area contributed by atoms with Crippen molar-refractivity contribution in [3.63, 3.8) is 0 Å². The molecule has 0 aromatic heterocycles. The second-order valence-electron chi connectivity index (χ2n) is 5.15. The molecule has 23 heavy (non-hydrogen) atoms. The summed E-state index contributed by atoms with van der Waals surface area (Å²) in [5, 5.41) is 0. The third-order valence-corrected chi connectivity index (χ3v) is 3.60. The number of hydrogen-bond acceptors (Lipinski definition) is 3. The van der Waals surface area contributed by atoms with Crippen molar-refractivity contribution in [1.82, 2.24) is 0 Å². The molecule has 3 heteroatoms. The van der Waals surface area contributed by atoms with Crippen LogP contribution in [0.4, 0.5) is 0 Å². The molecule has 0 amide bonds. The van der Waals surface area contributed by atoms with Gasteiger partial charge in [0, 0.05) is 11.1 Å². The van der Waals surface area contributed by atoms with Crippen LogP contribution in [0.2, 0.25) is 0 Å². The van der Waals surface area contributed by atoms with Gasteiger partial charge in [-0.05, 0) is 47.6 Å². The van der Waals surface area contributed by atoms with Gasteiger partial charge in [0.15, 0.2) is 0 Å². The summed E-state index contributed by atoms with van der Waals surface area (Å²) in [6, 6.07) is 15.1. The topological polar surface area (TPSA) is 35.5 Å². The molecule has 0 N–H and O–H groups in total. The van der Waals surface area contributed by atoms with Crippen molar-refractivity contribution in [2.75, 3.05) is 7.11 Å². The molecule has 114 valence electrons. The highest BCUT2D eigenvalue weighted by molar-refractivity contribution is 5.86. The number of hydrogen-bond donors (Lipinski definition) is 0. The summed E-state index contributed by atoms with van der Waals surface area (Å²) in [4.78, 5) is 10.8. The number of aldehydes is 1. The highest BCUT2D eigenvalue weighted by Crippen LogP contribution is 2.31. The Hall–Kier alpha value is -3.07. The average Bonchev–Trinajstić information content (AvgIpc) is 2.61. The molecule has 1 aliphatic heterocycles. The molecule has 0 spiro atoms. The molecule has 0 unspecified atom stereocenters. The number of allylic oxidation sites excluding steroid dienone is 3. The van der Waals surface area contributed by atoms with Gasteiger partial charge >= 0.3 is 0 Å². The molecule has 0 atom stereocenters. The van der Waals surface area contributed by atoms with Crippen LogP contribution in [-0.2, 0) is 4.74 Å². The van der Waals surface area contributed by atoms with Gasteiger partial charge in [0.25, 0.3) is 0 Å². The first kappa shape index (κ1) is 14.9. The molecule has 3 nitrogen and oxygen atoms in total. The fourth-order valence-corrected chi connectivity index (χ4v) is 2.37. The first-order chi connectivity index (χ1) is 11.2. The van der Waals surface area contributed by atoms with E-state index >= 15 is 0 Å². The Labute approximate surface area is 135 Å². The van der Waals surface area contributed by atoms with Gasteiger partial charge in [-0.15, -0.1) is 0 Å². The highest BCUT2D eigenvalue weighted by atomic mass is 16.5. The SMILES string of the molecule is C=C1C=C(c2ccc(C=O)cc2)C=C(c2ccc(OC)cc2)O1. The number of benzene rings is 2. The van der Waals surface area contributed by atoms with E-state index < -0.39 is 0 Å². The Balaban J connectivity index is 1.95. The van der Waals surface area contributed by atoms with Crippen molar-refractivity contribution in [3.8, 4) is 5.75 Å². The molecule has 0 saturated heterocycles. The molecule has 0 aliphatic carbocycles. The van der Waals surface area contributed by atoms with E-state index in [9.17, 15) is 4.79 Å². The van der Waals surface area contributed by atoms with Gasteiger partial charge in [0.05, 0.1) is 7.11 Å². The molecular weight excluding hydrogens is 288 g/mol. The number of rotatable bonds is 4. The third-order valence-electron chi connectivity index (χ3n) is 3.60. The van der Waals surface area contributed by atoms with Crippen LogP contribution in [0.15, 0.2) is 73.0 Å². The first-order valence-electron chi connectivity index (χ1n) is 7.20. The monoisotopic (exact) mass is 304 g/mol. The zero-order chi connectivity index (χ0) is 16.2. The largest absolute Gasteiger partial charge is 0.497 e. The van der Waals surface area contributed by atoms with Crippen LogP contribution in [0.1, 0.15) is 21.5 Å². The smallest absolute Gasteiger partial charge is 0.150 e. The molecule has 2 aromatic carbocycles. The highest BCUT2D eigenvalue weighted by Gasteiger charge is 2.13. The van der Waals surface area contributed by atoms with Gasteiger partial charge < -0.3 is 9.47 Å². The molecule has 1 heterocycles. The van der Waals surface area contributed by atoms with Gasteiger partial charge in [-0.2, -0.15) is 0 Å². The van der Waals surface area contributed by atoms with E-state index in [0.29, 0.717) is 11.3 Å². The van der Waals surface area contributed by atoms with Crippen LogP contribution >= 0.6 is 0 Å². The Morgan fingerprint density at radius 1 is 0.957 bits per heavy atom. The predicted molar refractivity (Wildman–Crippen MR) is 91.0 cm³/mol. The van der Waals surface area contributed by atoms with Crippen molar-refractivity contribution in [2.24, 2.45) is 0 Å². The van der Waals surface area contributed by atoms with E-state index in [4.69, 9.17) is 9.47 Å². The molecule has 0 saturated carbocycles. The van der Waals surface area contributed by atoms with E-state index in [1.807, 2.05) is 48.6 Å². The molecule has 1 aliphatic rings. The molecular formula is C20H16O3. The van der Waals surface area contributed by atoms with Crippen LogP contribution in [0.25, 0.3) is 11.3 Å². The summed E-state index contributed by atoms with van der Waals surface area (Å²) >= 11 is 0.